The fourth-order valence-electron chi connectivity index (χ4n) is 1.14. The number of carbonyl (C=O) groups excluding carboxylic acids is 2. The van der Waals surface area contributed by atoms with E-state index < -0.39 is 12.0 Å². The van der Waals surface area contributed by atoms with Crippen LogP contribution in [0.3, 0.4) is 0 Å². The van der Waals surface area contributed by atoms with Crippen molar-refractivity contribution in [3.05, 3.63) is 18.5 Å². The second-order valence-electron chi connectivity index (χ2n) is 3.18. The summed E-state index contributed by atoms with van der Waals surface area (Å²) in [5.74, 6) is -0.449. The van der Waals surface area contributed by atoms with Crippen LogP contribution in [0.2, 0.25) is 0 Å². The summed E-state index contributed by atoms with van der Waals surface area (Å²) in [6.07, 6.45) is 3.47. The zero-order valence-electron chi connectivity index (χ0n) is 9.68. The molecule has 1 heterocycles. The zero-order chi connectivity index (χ0) is 12.5. The molecule has 0 aromatic carbocycles. The molecule has 17 heavy (non-hydrogen) atoms. The standard InChI is InChI=1S/C10H16N4O3/c1-2-17-9(15)8-12-10(16)11-5-7-14-6-3-4-13-14/h3-4,6H,2,5,7-8H2,1H3,(H2,11,12,16). The van der Waals surface area contributed by atoms with Gasteiger partial charge >= 0.3 is 12.0 Å². The van der Waals surface area contributed by atoms with Crippen molar-refractivity contribution in [3.8, 4) is 0 Å². The van der Waals surface area contributed by atoms with E-state index in [9.17, 15) is 9.59 Å². The fourth-order valence-corrected chi connectivity index (χ4v) is 1.14. The molecule has 1 rings (SSSR count). The molecule has 2 N–H and O–H groups in total. The lowest BCUT2D eigenvalue weighted by molar-refractivity contribution is -0.141. The first-order valence-electron chi connectivity index (χ1n) is 5.37. The van der Waals surface area contributed by atoms with Crippen LogP contribution in [0.25, 0.3) is 0 Å². The third-order valence-electron chi connectivity index (χ3n) is 1.88. The molecule has 7 heteroatoms. The Morgan fingerprint density at radius 1 is 1.41 bits per heavy atom. The van der Waals surface area contributed by atoms with Gasteiger partial charge in [0.2, 0.25) is 0 Å². The predicted octanol–water partition coefficient (Wildman–Crippen LogP) is -0.255. The van der Waals surface area contributed by atoms with Gasteiger partial charge in [-0.25, -0.2) is 4.79 Å². The number of esters is 1. The number of carbonyl (C=O) groups is 2. The van der Waals surface area contributed by atoms with E-state index in [0.717, 1.165) is 0 Å². The molecule has 0 spiro atoms. The van der Waals surface area contributed by atoms with Crippen molar-refractivity contribution in [2.45, 2.75) is 13.5 Å². The van der Waals surface area contributed by atoms with E-state index in [1.165, 1.54) is 0 Å². The molecule has 7 nitrogen and oxygen atoms in total. The molecule has 0 aliphatic carbocycles. The maximum absolute atomic E-state index is 11.2. The fraction of sp³-hybridized carbons (Fsp3) is 0.500. The van der Waals surface area contributed by atoms with Gasteiger partial charge in [0.15, 0.2) is 0 Å². The van der Waals surface area contributed by atoms with Gasteiger partial charge in [0.25, 0.3) is 0 Å². The predicted molar refractivity (Wildman–Crippen MR) is 60.3 cm³/mol. The summed E-state index contributed by atoms with van der Waals surface area (Å²) in [5.41, 5.74) is 0. The molecular weight excluding hydrogens is 224 g/mol. The van der Waals surface area contributed by atoms with Crippen molar-refractivity contribution >= 4 is 12.0 Å². The molecule has 1 aromatic heterocycles. The minimum atomic E-state index is -0.449. The van der Waals surface area contributed by atoms with Crippen LogP contribution in [0.5, 0.6) is 0 Å². The van der Waals surface area contributed by atoms with Crippen LogP contribution < -0.4 is 10.6 Å². The molecule has 1 aromatic rings. The normalized spacial score (nSPS) is 9.71. The highest BCUT2D eigenvalue weighted by molar-refractivity contribution is 5.80. The molecular formula is C10H16N4O3. The van der Waals surface area contributed by atoms with Crippen molar-refractivity contribution in [3.63, 3.8) is 0 Å². The van der Waals surface area contributed by atoms with E-state index in [2.05, 4.69) is 20.5 Å². The number of nitrogens with zero attached hydrogens (tertiary/aromatic N) is 2. The Labute approximate surface area is 99.1 Å². The van der Waals surface area contributed by atoms with Crippen molar-refractivity contribution in [1.82, 2.24) is 20.4 Å². The number of nitrogens with one attached hydrogen (secondary N) is 2. The molecule has 0 saturated heterocycles. The topological polar surface area (TPSA) is 85.2 Å². The molecule has 0 saturated carbocycles. The lowest BCUT2D eigenvalue weighted by atomic mass is 10.6. The average molecular weight is 240 g/mol. The van der Waals surface area contributed by atoms with E-state index in [0.29, 0.717) is 19.7 Å². The molecule has 0 fully saturated rings. The van der Waals surface area contributed by atoms with Crippen LogP contribution >= 0.6 is 0 Å². The van der Waals surface area contributed by atoms with Crippen molar-refractivity contribution in [2.24, 2.45) is 0 Å². The van der Waals surface area contributed by atoms with E-state index in [4.69, 9.17) is 0 Å². The largest absolute Gasteiger partial charge is 0.465 e. The highest BCUT2D eigenvalue weighted by atomic mass is 16.5. The first-order chi connectivity index (χ1) is 8.22. The number of urea groups is 1. The van der Waals surface area contributed by atoms with Gasteiger partial charge in [0, 0.05) is 18.9 Å². The summed E-state index contributed by atoms with van der Waals surface area (Å²) in [5, 5.41) is 8.98. The summed E-state index contributed by atoms with van der Waals surface area (Å²) in [6.45, 7) is 2.92. The SMILES string of the molecule is CCOC(=O)CNC(=O)NCCn1cccn1. The minimum absolute atomic E-state index is 0.124. The number of aromatic nitrogens is 2. The third kappa shape index (κ3) is 5.55. The third-order valence-corrected chi connectivity index (χ3v) is 1.88. The molecule has 2 amide bonds. The van der Waals surface area contributed by atoms with Crippen LogP contribution in [-0.4, -0.2) is 41.5 Å². The van der Waals surface area contributed by atoms with Crippen molar-refractivity contribution < 1.29 is 14.3 Å². The van der Waals surface area contributed by atoms with E-state index in [-0.39, 0.29) is 6.54 Å². The smallest absolute Gasteiger partial charge is 0.325 e. The second-order valence-corrected chi connectivity index (χ2v) is 3.18. The van der Waals surface area contributed by atoms with Crippen molar-refractivity contribution in [2.75, 3.05) is 19.7 Å². The quantitative estimate of drug-likeness (QED) is 0.671. The maximum atomic E-state index is 11.2. The van der Waals surface area contributed by atoms with Crippen LogP contribution in [0.1, 0.15) is 6.92 Å². The number of rotatable bonds is 6. The summed E-state index contributed by atoms with van der Waals surface area (Å²) < 4.78 is 6.36. The minimum Gasteiger partial charge on any atom is -0.465 e. The number of hydrogen-bond acceptors (Lipinski definition) is 4. The van der Waals surface area contributed by atoms with Gasteiger partial charge in [-0.15, -0.1) is 0 Å². The second kappa shape index (κ2) is 7.26. The van der Waals surface area contributed by atoms with Gasteiger partial charge in [-0.1, -0.05) is 0 Å². The van der Waals surface area contributed by atoms with Crippen LogP contribution in [0, 0.1) is 0 Å². The van der Waals surface area contributed by atoms with Crippen LogP contribution in [-0.2, 0) is 16.1 Å². The Morgan fingerprint density at radius 2 is 2.24 bits per heavy atom. The Hall–Kier alpha value is -2.05. The van der Waals surface area contributed by atoms with Gasteiger partial charge in [-0.05, 0) is 13.0 Å². The van der Waals surface area contributed by atoms with Crippen molar-refractivity contribution in [1.29, 1.82) is 0 Å². The molecule has 0 radical (unpaired) electrons. The molecule has 0 aliphatic heterocycles. The summed E-state index contributed by atoms with van der Waals surface area (Å²) >= 11 is 0. The molecule has 94 valence electrons. The number of amides is 2. The molecule has 0 bridgehead atoms. The molecule has 0 atom stereocenters. The summed E-state index contributed by atoms with van der Waals surface area (Å²) in [4.78, 5) is 22.1. The Kier molecular flexibility index (Phi) is 5.56. The molecule has 0 unspecified atom stereocenters. The summed E-state index contributed by atoms with van der Waals surface area (Å²) in [7, 11) is 0. The van der Waals surface area contributed by atoms with E-state index in [1.807, 2.05) is 0 Å². The van der Waals surface area contributed by atoms with E-state index >= 15 is 0 Å². The van der Waals surface area contributed by atoms with Crippen LogP contribution in [0.4, 0.5) is 4.79 Å². The average Bonchev–Trinajstić information content (AvgIpc) is 2.80. The van der Waals surface area contributed by atoms with Gasteiger partial charge < -0.3 is 15.4 Å². The highest BCUT2D eigenvalue weighted by Gasteiger charge is 2.04. The Morgan fingerprint density at radius 3 is 2.88 bits per heavy atom. The molecule has 0 aliphatic rings. The number of ether oxygens (including phenoxy) is 1. The Balaban J connectivity index is 2.07. The highest BCUT2D eigenvalue weighted by Crippen LogP contribution is 1.82. The zero-order valence-corrected chi connectivity index (χ0v) is 9.68. The monoisotopic (exact) mass is 240 g/mol. The maximum Gasteiger partial charge on any atom is 0.325 e. The van der Waals surface area contributed by atoms with Gasteiger partial charge in [-0.2, -0.15) is 5.10 Å². The van der Waals surface area contributed by atoms with E-state index in [1.54, 1.807) is 30.1 Å². The first kappa shape index (κ1) is 13.0. The van der Waals surface area contributed by atoms with Gasteiger partial charge in [0.1, 0.15) is 6.54 Å². The lowest BCUT2D eigenvalue weighted by Crippen LogP contribution is -2.40. The summed E-state index contributed by atoms with van der Waals surface area (Å²) in [6, 6.07) is 1.41. The van der Waals surface area contributed by atoms with Gasteiger partial charge in [0.05, 0.1) is 13.2 Å². The van der Waals surface area contributed by atoms with Gasteiger partial charge in [-0.3, -0.25) is 9.48 Å². The van der Waals surface area contributed by atoms with Crippen LogP contribution in [0.15, 0.2) is 18.5 Å². The number of hydrogen-bond donors (Lipinski definition) is 2. The Bertz CT molecular complexity index is 350. The lowest BCUT2D eigenvalue weighted by Gasteiger charge is -2.07. The first-order valence-corrected chi connectivity index (χ1v) is 5.37.